The standard InChI is InChI=1S/C22H29N3O3/c1-3-5-6-7-16-8-10-17(11-9-16)21-18-13-24(22(28)23-12-4-2)14-20(27)25(18)19(21)15-26/h8-11,18-19,21,26H,3-5,12-15H2,1-2H3,(H,23,28)/t18-,19-,21-/m0/s1. The van der Waals surface area contributed by atoms with Gasteiger partial charge in [-0.25, -0.2) is 4.79 Å². The summed E-state index contributed by atoms with van der Waals surface area (Å²) < 4.78 is 0. The number of carbonyl (C=O) groups is 2. The molecule has 2 saturated heterocycles. The van der Waals surface area contributed by atoms with Gasteiger partial charge in [-0.3, -0.25) is 4.79 Å². The van der Waals surface area contributed by atoms with Crippen molar-refractivity contribution in [1.82, 2.24) is 15.1 Å². The minimum Gasteiger partial charge on any atom is -0.394 e. The zero-order valence-electron chi connectivity index (χ0n) is 16.6. The maximum atomic E-state index is 12.6. The lowest BCUT2D eigenvalue weighted by molar-refractivity contribution is -0.159. The molecule has 6 heteroatoms. The summed E-state index contributed by atoms with van der Waals surface area (Å²) in [6, 6.07) is 7.53. The highest BCUT2D eigenvalue weighted by atomic mass is 16.3. The van der Waals surface area contributed by atoms with Gasteiger partial charge in [-0.2, -0.15) is 0 Å². The molecule has 0 bridgehead atoms. The molecule has 0 aliphatic carbocycles. The highest BCUT2D eigenvalue weighted by Crippen LogP contribution is 2.42. The van der Waals surface area contributed by atoms with Crippen LogP contribution in [-0.4, -0.2) is 65.2 Å². The smallest absolute Gasteiger partial charge is 0.317 e. The Hall–Kier alpha value is -2.52. The van der Waals surface area contributed by atoms with Crippen molar-refractivity contribution in [1.29, 1.82) is 0 Å². The van der Waals surface area contributed by atoms with E-state index in [-0.39, 0.29) is 43.1 Å². The van der Waals surface area contributed by atoms with Crippen LogP contribution < -0.4 is 5.32 Å². The first-order valence-corrected chi connectivity index (χ1v) is 10.1. The second-order valence-corrected chi connectivity index (χ2v) is 7.43. The maximum Gasteiger partial charge on any atom is 0.317 e. The second kappa shape index (κ2) is 9.11. The van der Waals surface area contributed by atoms with Gasteiger partial charge in [0.15, 0.2) is 0 Å². The first-order chi connectivity index (χ1) is 13.6. The lowest BCUT2D eigenvalue weighted by atomic mass is 9.73. The van der Waals surface area contributed by atoms with Crippen molar-refractivity contribution in [3.8, 4) is 11.8 Å². The van der Waals surface area contributed by atoms with Crippen LogP contribution in [0.2, 0.25) is 0 Å². The van der Waals surface area contributed by atoms with Crippen molar-refractivity contribution in [2.45, 2.75) is 51.1 Å². The molecule has 0 radical (unpaired) electrons. The Balaban J connectivity index is 1.75. The summed E-state index contributed by atoms with van der Waals surface area (Å²) in [5.41, 5.74) is 2.04. The number of carbonyl (C=O) groups excluding carboxylic acids is 2. The number of hydrogen-bond acceptors (Lipinski definition) is 3. The third kappa shape index (κ3) is 4.00. The largest absolute Gasteiger partial charge is 0.394 e. The van der Waals surface area contributed by atoms with Crippen molar-refractivity contribution in [3.05, 3.63) is 35.4 Å². The molecule has 1 aromatic rings. The van der Waals surface area contributed by atoms with Gasteiger partial charge in [0.1, 0.15) is 6.54 Å². The number of fused-ring (bicyclic) bond motifs is 1. The second-order valence-electron chi connectivity index (χ2n) is 7.43. The number of unbranched alkanes of at least 4 members (excludes halogenated alkanes) is 1. The SMILES string of the molecule is CCCC#Cc1ccc([C@@H]2[C@H](CO)N3C(=O)CN(C(=O)NCCC)C[C@@H]23)cc1. The van der Waals surface area contributed by atoms with Crippen molar-refractivity contribution in [2.24, 2.45) is 0 Å². The summed E-state index contributed by atoms with van der Waals surface area (Å²) in [6.45, 7) is 5.18. The molecule has 2 aliphatic heterocycles. The number of nitrogens with one attached hydrogen (secondary N) is 1. The highest BCUT2D eigenvalue weighted by Gasteiger charge is 2.54. The fourth-order valence-corrected chi connectivity index (χ4v) is 4.08. The van der Waals surface area contributed by atoms with E-state index in [1.807, 2.05) is 31.2 Å². The molecule has 3 atom stereocenters. The Morgan fingerprint density at radius 1 is 1.25 bits per heavy atom. The molecule has 2 N–H and O–H groups in total. The van der Waals surface area contributed by atoms with Gasteiger partial charge >= 0.3 is 6.03 Å². The summed E-state index contributed by atoms with van der Waals surface area (Å²) in [7, 11) is 0. The molecule has 150 valence electrons. The number of rotatable bonds is 5. The molecule has 6 nitrogen and oxygen atoms in total. The summed E-state index contributed by atoms with van der Waals surface area (Å²) in [6.07, 6.45) is 2.77. The van der Waals surface area contributed by atoms with E-state index in [0.29, 0.717) is 13.1 Å². The van der Waals surface area contributed by atoms with Crippen molar-refractivity contribution in [2.75, 3.05) is 26.2 Å². The van der Waals surface area contributed by atoms with E-state index in [1.54, 1.807) is 9.80 Å². The maximum absolute atomic E-state index is 12.6. The fraction of sp³-hybridized carbons (Fsp3) is 0.545. The van der Waals surface area contributed by atoms with Crippen LogP contribution in [0, 0.1) is 11.8 Å². The first kappa shape index (κ1) is 20.2. The molecule has 28 heavy (non-hydrogen) atoms. The van der Waals surface area contributed by atoms with E-state index >= 15 is 0 Å². The van der Waals surface area contributed by atoms with Gasteiger partial charge in [0.2, 0.25) is 5.91 Å². The number of aliphatic hydroxyl groups is 1. The number of amides is 3. The predicted molar refractivity (Wildman–Crippen MR) is 108 cm³/mol. The molecule has 3 amide bonds. The number of urea groups is 1. The van der Waals surface area contributed by atoms with E-state index in [1.165, 1.54) is 0 Å². The number of benzene rings is 1. The molecule has 3 rings (SSSR count). The zero-order valence-corrected chi connectivity index (χ0v) is 16.6. The molecule has 2 fully saturated rings. The highest BCUT2D eigenvalue weighted by molar-refractivity contribution is 5.87. The quantitative estimate of drug-likeness (QED) is 0.763. The normalized spacial score (nSPS) is 23.4. The number of nitrogens with zero attached hydrogens (tertiary/aromatic N) is 2. The van der Waals surface area contributed by atoms with Crippen LogP contribution in [0.4, 0.5) is 4.79 Å². The van der Waals surface area contributed by atoms with Gasteiger partial charge in [-0.15, -0.1) is 0 Å². The Bertz CT molecular complexity index is 765. The van der Waals surface area contributed by atoms with Crippen molar-refractivity contribution >= 4 is 11.9 Å². The summed E-state index contributed by atoms with van der Waals surface area (Å²) in [5, 5.41) is 12.7. The van der Waals surface area contributed by atoms with E-state index in [4.69, 9.17) is 0 Å². The average Bonchev–Trinajstić information content (AvgIpc) is 2.69. The van der Waals surface area contributed by atoms with Crippen LogP contribution in [0.25, 0.3) is 0 Å². The predicted octanol–water partition coefficient (Wildman–Crippen LogP) is 1.93. The Morgan fingerprint density at radius 3 is 2.64 bits per heavy atom. The Kier molecular flexibility index (Phi) is 6.58. The minimum atomic E-state index is -0.227. The molecule has 2 aliphatic rings. The number of hydrogen-bond donors (Lipinski definition) is 2. The van der Waals surface area contributed by atoms with E-state index < -0.39 is 0 Å². The van der Waals surface area contributed by atoms with E-state index in [2.05, 4.69) is 24.1 Å². The minimum absolute atomic E-state index is 0.0216. The molecular formula is C22H29N3O3. The molecule has 0 aromatic heterocycles. The molecule has 1 aromatic carbocycles. The van der Waals surface area contributed by atoms with Crippen LogP contribution in [0.15, 0.2) is 24.3 Å². The van der Waals surface area contributed by atoms with Crippen molar-refractivity contribution in [3.63, 3.8) is 0 Å². The van der Waals surface area contributed by atoms with Crippen LogP contribution in [0.1, 0.15) is 50.2 Å². The lowest BCUT2D eigenvalue weighted by Gasteiger charge is -2.58. The third-order valence-electron chi connectivity index (χ3n) is 5.47. The summed E-state index contributed by atoms with van der Waals surface area (Å²) >= 11 is 0. The molecule has 2 heterocycles. The molecular weight excluding hydrogens is 354 g/mol. The van der Waals surface area contributed by atoms with Gasteiger partial charge in [0, 0.05) is 31.0 Å². The van der Waals surface area contributed by atoms with Crippen LogP contribution in [-0.2, 0) is 4.79 Å². The summed E-state index contributed by atoms with van der Waals surface area (Å²) in [4.78, 5) is 28.2. The van der Waals surface area contributed by atoms with E-state index in [9.17, 15) is 14.7 Å². The number of piperazine rings is 1. The van der Waals surface area contributed by atoms with Gasteiger partial charge in [0.05, 0.1) is 18.7 Å². The lowest BCUT2D eigenvalue weighted by Crippen LogP contribution is -2.73. The van der Waals surface area contributed by atoms with Crippen LogP contribution in [0.3, 0.4) is 0 Å². The summed E-state index contributed by atoms with van der Waals surface area (Å²) in [5.74, 6) is 6.22. The molecule has 0 unspecified atom stereocenters. The molecule has 0 saturated carbocycles. The van der Waals surface area contributed by atoms with Crippen molar-refractivity contribution < 1.29 is 14.7 Å². The van der Waals surface area contributed by atoms with Gasteiger partial charge in [-0.05, 0) is 30.5 Å². The average molecular weight is 383 g/mol. The third-order valence-corrected chi connectivity index (χ3v) is 5.47. The van der Waals surface area contributed by atoms with Gasteiger partial charge in [0.25, 0.3) is 0 Å². The fourth-order valence-electron chi connectivity index (χ4n) is 4.08. The topological polar surface area (TPSA) is 72.9 Å². The number of aliphatic hydroxyl groups excluding tert-OH is 1. The van der Waals surface area contributed by atoms with Crippen LogP contribution in [0.5, 0.6) is 0 Å². The Labute approximate surface area is 166 Å². The van der Waals surface area contributed by atoms with Gasteiger partial charge < -0.3 is 20.2 Å². The first-order valence-electron chi connectivity index (χ1n) is 10.1. The monoisotopic (exact) mass is 383 g/mol. The zero-order chi connectivity index (χ0) is 20.1. The van der Waals surface area contributed by atoms with Gasteiger partial charge in [-0.1, -0.05) is 37.8 Å². The van der Waals surface area contributed by atoms with E-state index in [0.717, 1.165) is 30.4 Å². The molecule has 0 spiro atoms. The Morgan fingerprint density at radius 2 is 2.00 bits per heavy atom. The van der Waals surface area contributed by atoms with Crippen LogP contribution >= 0.6 is 0 Å².